The molecule has 132 valence electrons. The van der Waals surface area contributed by atoms with Gasteiger partial charge < -0.3 is 5.32 Å². The molecule has 3 rings (SSSR count). The first-order valence-corrected chi connectivity index (χ1v) is 8.79. The molecule has 3 amide bonds. The summed E-state index contributed by atoms with van der Waals surface area (Å²) in [5.74, 6) is -0.907. The van der Waals surface area contributed by atoms with E-state index in [-0.39, 0.29) is 11.4 Å². The normalized spacial score (nSPS) is 15.6. The first kappa shape index (κ1) is 17.9. The van der Waals surface area contributed by atoms with Crippen LogP contribution < -0.4 is 5.32 Å². The van der Waals surface area contributed by atoms with Gasteiger partial charge in [0, 0.05) is 11.9 Å². The number of nitrogens with zero attached hydrogens (tertiary/aromatic N) is 2. The lowest BCUT2D eigenvalue weighted by atomic mass is 10.1. The van der Waals surface area contributed by atoms with Crippen LogP contribution in [0, 0.1) is 13.8 Å². The number of pyridine rings is 1. The van der Waals surface area contributed by atoms with Gasteiger partial charge in [0.05, 0.1) is 10.6 Å². The molecule has 1 fully saturated rings. The Kier molecular flexibility index (Phi) is 5.18. The van der Waals surface area contributed by atoms with Crippen molar-refractivity contribution in [2.45, 2.75) is 13.8 Å². The van der Waals surface area contributed by atoms with Crippen LogP contribution in [0.4, 0.5) is 10.5 Å². The SMILES string of the molecule is Cc1ccc(NC(=O)CN2C(=O)S/C(=C/c3ccccn3)C2=O)cc1C. The average Bonchev–Trinajstić information content (AvgIpc) is 2.86. The molecule has 0 saturated carbocycles. The Morgan fingerprint density at radius 1 is 1.19 bits per heavy atom. The second-order valence-corrected chi connectivity index (χ2v) is 6.86. The van der Waals surface area contributed by atoms with Gasteiger partial charge in [-0.1, -0.05) is 12.1 Å². The number of carbonyl (C=O) groups is 3. The van der Waals surface area contributed by atoms with Crippen molar-refractivity contribution in [2.75, 3.05) is 11.9 Å². The summed E-state index contributed by atoms with van der Waals surface area (Å²) in [6.07, 6.45) is 3.15. The molecule has 1 aromatic carbocycles. The third-order valence-electron chi connectivity index (χ3n) is 3.93. The van der Waals surface area contributed by atoms with Gasteiger partial charge in [-0.05, 0) is 67.1 Å². The molecule has 0 unspecified atom stereocenters. The number of imide groups is 1. The minimum Gasteiger partial charge on any atom is -0.325 e. The van der Waals surface area contributed by atoms with Crippen molar-refractivity contribution >= 4 is 40.6 Å². The lowest BCUT2D eigenvalue weighted by Gasteiger charge is -2.13. The van der Waals surface area contributed by atoms with E-state index in [0.717, 1.165) is 27.8 Å². The van der Waals surface area contributed by atoms with Gasteiger partial charge in [-0.2, -0.15) is 0 Å². The first-order chi connectivity index (χ1) is 12.4. The number of nitrogens with one attached hydrogen (secondary N) is 1. The molecule has 2 heterocycles. The van der Waals surface area contributed by atoms with Gasteiger partial charge in [0.25, 0.3) is 11.1 Å². The fraction of sp³-hybridized carbons (Fsp3) is 0.158. The second kappa shape index (κ2) is 7.53. The van der Waals surface area contributed by atoms with Crippen molar-refractivity contribution in [1.29, 1.82) is 0 Å². The molecule has 7 heteroatoms. The van der Waals surface area contributed by atoms with E-state index in [1.54, 1.807) is 36.5 Å². The van der Waals surface area contributed by atoms with E-state index in [1.807, 2.05) is 26.0 Å². The number of hydrogen-bond acceptors (Lipinski definition) is 5. The van der Waals surface area contributed by atoms with E-state index in [9.17, 15) is 14.4 Å². The predicted molar refractivity (Wildman–Crippen MR) is 101 cm³/mol. The molecule has 0 aliphatic carbocycles. The molecule has 1 N–H and O–H groups in total. The Balaban J connectivity index is 1.68. The molecule has 0 spiro atoms. The summed E-state index contributed by atoms with van der Waals surface area (Å²) in [4.78, 5) is 42.0. The van der Waals surface area contributed by atoms with Crippen LogP contribution in [0.1, 0.15) is 16.8 Å². The number of hydrogen-bond donors (Lipinski definition) is 1. The highest BCUT2D eigenvalue weighted by atomic mass is 32.2. The van der Waals surface area contributed by atoms with Crippen LogP contribution in [0.15, 0.2) is 47.5 Å². The van der Waals surface area contributed by atoms with E-state index in [1.165, 1.54) is 0 Å². The number of aromatic nitrogens is 1. The Labute approximate surface area is 155 Å². The predicted octanol–water partition coefficient (Wildman–Crippen LogP) is 3.37. The molecule has 0 bridgehead atoms. The zero-order valence-corrected chi connectivity index (χ0v) is 15.2. The van der Waals surface area contributed by atoms with Gasteiger partial charge in [0.1, 0.15) is 6.54 Å². The van der Waals surface area contributed by atoms with Crippen LogP contribution in [0.25, 0.3) is 6.08 Å². The van der Waals surface area contributed by atoms with Crippen LogP contribution in [-0.4, -0.2) is 33.5 Å². The van der Waals surface area contributed by atoms with Gasteiger partial charge in [-0.3, -0.25) is 24.3 Å². The lowest BCUT2D eigenvalue weighted by Crippen LogP contribution is -2.36. The highest BCUT2D eigenvalue weighted by molar-refractivity contribution is 8.18. The zero-order valence-electron chi connectivity index (χ0n) is 14.4. The number of thioether (sulfide) groups is 1. The summed E-state index contributed by atoms with van der Waals surface area (Å²) in [5.41, 5.74) is 3.38. The van der Waals surface area contributed by atoms with Gasteiger partial charge >= 0.3 is 0 Å². The maximum atomic E-state index is 12.4. The quantitative estimate of drug-likeness (QED) is 0.838. The Morgan fingerprint density at radius 3 is 2.69 bits per heavy atom. The molecule has 0 radical (unpaired) electrons. The van der Waals surface area contributed by atoms with E-state index in [2.05, 4.69) is 10.3 Å². The summed E-state index contributed by atoms with van der Waals surface area (Å²) < 4.78 is 0. The fourth-order valence-corrected chi connectivity index (χ4v) is 3.22. The molecule has 0 atom stereocenters. The van der Waals surface area contributed by atoms with Crippen LogP contribution in [0.2, 0.25) is 0 Å². The fourth-order valence-electron chi connectivity index (χ4n) is 2.40. The van der Waals surface area contributed by atoms with Crippen LogP contribution in [-0.2, 0) is 9.59 Å². The molecule has 26 heavy (non-hydrogen) atoms. The Bertz CT molecular complexity index is 910. The number of amides is 3. The van der Waals surface area contributed by atoms with E-state index in [0.29, 0.717) is 11.4 Å². The number of anilines is 1. The zero-order chi connectivity index (χ0) is 18.7. The van der Waals surface area contributed by atoms with Crippen molar-refractivity contribution in [3.63, 3.8) is 0 Å². The lowest BCUT2D eigenvalue weighted by molar-refractivity contribution is -0.127. The molecule has 1 saturated heterocycles. The summed E-state index contributed by atoms with van der Waals surface area (Å²) in [5, 5.41) is 2.25. The minimum atomic E-state index is -0.485. The number of benzene rings is 1. The number of aryl methyl sites for hydroxylation is 2. The van der Waals surface area contributed by atoms with Crippen molar-refractivity contribution in [3.05, 3.63) is 64.3 Å². The first-order valence-electron chi connectivity index (χ1n) is 7.97. The van der Waals surface area contributed by atoms with Crippen molar-refractivity contribution in [1.82, 2.24) is 9.88 Å². The number of rotatable bonds is 4. The maximum absolute atomic E-state index is 12.4. The van der Waals surface area contributed by atoms with E-state index < -0.39 is 17.1 Å². The summed E-state index contributed by atoms with van der Waals surface area (Å²) in [6.45, 7) is 3.61. The van der Waals surface area contributed by atoms with Gasteiger partial charge in [0.15, 0.2) is 0 Å². The van der Waals surface area contributed by atoms with Gasteiger partial charge in [0.2, 0.25) is 5.91 Å². The third kappa shape index (κ3) is 4.00. The third-order valence-corrected chi connectivity index (χ3v) is 4.84. The minimum absolute atomic E-state index is 0.257. The van der Waals surface area contributed by atoms with Crippen LogP contribution in [0.5, 0.6) is 0 Å². The topological polar surface area (TPSA) is 79.4 Å². The van der Waals surface area contributed by atoms with Crippen molar-refractivity contribution in [2.24, 2.45) is 0 Å². The maximum Gasteiger partial charge on any atom is 0.294 e. The molecule has 6 nitrogen and oxygen atoms in total. The van der Waals surface area contributed by atoms with Crippen LogP contribution >= 0.6 is 11.8 Å². The molecule has 2 aromatic rings. The smallest absolute Gasteiger partial charge is 0.294 e. The Morgan fingerprint density at radius 2 is 2.00 bits per heavy atom. The Hall–Kier alpha value is -2.93. The molecule has 1 aromatic heterocycles. The summed E-state index contributed by atoms with van der Waals surface area (Å²) >= 11 is 0.808. The molecule has 1 aliphatic rings. The highest BCUT2D eigenvalue weighted by Crippen LogP contribution is 2.31. The van der Waals surface area contributed by atoms with Gasteiger partial charge in [-0.15, -0.1) is 0 Å². The molecular weight excluding hydrogens is 350 g/mol. The average molecular weight is 367 g/mol. The second-order valence-electron chi connectivity index (χ2n) is 5.87. The number of carbonyl (C=O) groups excluding carboxylic acids is 3. The van der Waals surface area contributed by atoms with Crippen molar-refractivity contribution < 1.29 is 14.4 Å². The van der Waals surface area contributed by atoms with Crippen molar-refractivity contribution in [3.8, 4) is 0 Å². The largest absolute Gasteiger partial charge is 0.325 e. The highest BCUT2D eigenvalue weighted by Gasteiger charge is 2.36. The molecular formula is C19H17N3O3S. The summed E-state index contributed by atoms with van der Waals surface area (Å²) in [7, 11) is 0. The van der Waals surface area contributed by atoms with E-state index >= 15 is 0 Å². The summed E-state index contributed by atoms with van der Waals surface area (Å²) in [6, 6.07) is 10.8. The molecule has 1 aliphatic heterocycles. The monoisotopic (exact) mass is 367 g/mol. The van der Waals surface area contributed by atoms with Gasteiger partial charge in [-0.25, -0.2) is 0 Å². The van der Waals surface area contributed by atoms with Crippen LogP contribution in [0.3, 0.4) is 0 Å². The standard InChI is InChI=1S/C19H17N3O3S/c1-12-6-7-15(9-13(12)2)21-17(23)11-22-18(24)16(26-19(22)25)10-14-5-3-4-8-20-14/h3-10H,11H2,1-2H3,(H,21,23)/b16-10+. The van der Waals surface area contributed by atoms with E-state index in [4.69, 9.17) is 0 Å².